The Morgan fingerprint density at radius 2 is 1.77 bits per heavy atom. The maximum Gasteiger partial charge on any atom is 0.219 e. The summed E-state index contributed by atoms with van der Waals surface area (Å²) in [6, 6.07) is 7.35. The summed E-state index contributed by atoms with van der Waals surface area (Å²) in [6.45, 7) is 5.25. The van der Waals surface area contributed by atoms with E-state index in [9.17, 15) is 13.2 Å². The first-order valence-corrected chi connectivity index (χ1v) is 9.48. The molecule has 2 rings (SSSR count). The Bertz CT molecular complexity index is 603. The molecule has 1 aliphatic heterocycles. The molecule has 0 bridgehead atoms. The zero-order chi connectivity index (χ0) is 16.2. The third-order valence-corrected chi connectivity index (χ3v) is 5.87. The van der Waals surface area contributed by atoms with Gasteiger partial charge in [0.05, 0.1) is 10.6 Å². The topological polar surface area (TPSA) is 66.5 Å². The second-order valence-corrected chi connectivity index (χ2v) is 7.86. The first kappa shape index (κ1) is 16.8. The molecule has 1 N–H and O–H groups in total. The van der Waals surface area contributed by atoms with Gasteiger partial charge in [-0.2, -0.15) is 0 Å². The van der Waals surface area contributed by atoms with Gasteiger partial charge in [-0.3, -0.25) is 4.79 Å². The summed E-state index contributed by atoms with van der Waals surface area (Å²) in [6.07, 6.45) is 2.36. The van der Waals surface area contributed by atoms with Crippen molar-refractivity contribution in [2.24, 2.45) is 0 Å². The van der Waals surface area contributed by atoms with E-state index < -0.39 is 9.84 Å². The minimum Gasteiger partial charge on any atom is -0.371 e. The summed E-state index contributed by atoms with van der Waals surface area (Å²) in [4.78, 5) is 14.0. The Morgan fingerprint density at radius 1 is 1.18 bits per heavy atom. The number of nitrogens with one attached hydrogen (secondary N) is 1. The molecular formula is C16H24N2O3S. The van der Waals surface area contributed by atoms with E-state index in [0.29, 0.717) is 11.3 Å². The van der Waals surface area contributed by atoms with Gasteiger partial charge in [0.2, 0.25) is 5.91 Å². The molecule has 1 aliphatic rings. The molecule has 1 saturated heterocycles. The van der Waals surface area contributed by atoms with Crippen molar-refractivity contribution >= 4 is 21.4 Å². The fourth-order valence-electron chi connectivity index (χ4n) is 2.64. The molecule has 22 heavy (non-hydrogen) atoms. The molecule has 1 aromatic rings. The number of hydrogen-bond acceptors (Lipinski definition) is 4. The Morgan fingerprint density at radius 3 is 2.27 bits per heavy atom. The maximum absolute atomic E-state index is 11.8. The van der Waals surface area contributed by atoms with E-state index in [1.54, 1.807) is 19.1 Å². The molecule has 1 aromatic carbocycles. The SMILES string of the molecule is CCC(=O)NC1CCN(c2ccc(S(=O)(=O)CC)cc2)CC1. The zero-order valence-corrected chi connectivity index (χ0v) is 14.0. The predicted octanol–water partition coefficient (Wildman–Crippen LogP) is 1.98. The molecule has 0 saturated carbocycles. The van der Waals surface area contributed by atoms with Gasteiger partial charge in [-0.15, -0.1) is 0 Å². The van der Waals surface area contributed by atoms with E-state index in [1.165, 1.54) is 0 Å². The molecular weight excluding hydrogens is 300 g/mol. The molecule has 122 valence electrons. The van der Waals surface area contributed by atoms with Crippen molar-refractivity contribution in [2.75, 3.05) is 23.7 Å². The Hall–Kier alpha value is -1.56. The van der Waals surface area contributed by atoms with Crippen LogP contribution in [0, 0.1) is 0 Å². The van der Waals surface area contributed by atoms with Gasteiger partial charge in [0.1, 0.15) is 0 Å². The Kier molecular flexibility index (Phi) is 5.45. The van der Waals surface area contributed by atoms with Crippen LogP contribution in [-0.2, 0) is 14.6 Å². The number of carbonyl (C=O) groups excluding carboxylic acids is 1. The molecule has 1 amide bonds. The minimum atomic E-state index is -3.14. The van der Waals surface area contributed by atoms with Crippen molar-refractivity contribution in [1.82, 2.24) is 5.32 Å². The number of carbonyl (C=O) groups is 1. The number of benzene rings is 1. The summed E-state index contributed by atoms with van der Waals surface area (Å²) in [5.41, 5.74) is 1.04. The van der Waals surface area contributed by atoms with Gasteiger partial charge in [0, 0.05) is 31.2 Å². The van der Waals surface area contributed by atoms with Crippen LogP contribution in [0.15, 0.2) is 29.2 Å². The second-order valence-electron chi connectivity index (χ2n) is 5.58. The van der Waals surface area contributed by atoms with Crippen LogP contribution in [0.1, 0.15) is 33.1 Å². The lowest BCUT2D eigenvalue weighted by atomic mass is 10.0. The highest BCUT2D eigenvalue weighted by Gasteiger charge is 2.21. The van der Waals surface area contributed by atoms with Crippen LogP contribution in [0.25, 0.3) is 0 Å². The van der Waals surface area contributed by atoms with Crippen molar-refractivity contribution < 1.29 is 13.2 Å². The molecule has 1 fully saturated rings. The maximum atomic E-state index is 11.8. The Balaban J connectivity index is 1.96. The number of anilines is 1. The lowest BCUT2D eigenvalue weighted by Gasteiger charge is -2.34. The van der Waals surface area contributed by atoms with Crippen LogP contribution in [-0.4, -0.2) is 39.2 Å². The van der Waals surface area contributed by atoms with Crippen molar-refractivity contribution in [3.8, 4) is 0 Å². The molecule has 0 unspecified atom stereocenters. The van der Waals surface area contributed by atoms with Gasteiger partial charge in [0.25, 0.3) is 0 Å². The van der Waals surface area contributed by atoms with E-state index >= 15 is 0 Å². The first-order valence-electron chi connectivity index (χ1n) is 7.83. The van der Waals surface area contributed by atoms with E-state index in [1.807, 2.05) is 19.1 Å². The summed E-state index contributed by atoms with van der Waals surface area (Å²) >= 11 is 0. The van der Waals surface area contributed by atoms with Crippen LogP contribution >= 0.6 is 0 Å². The van der Waals surface area contributed by atoms with Gasteiger partial charge in [-0.25, -0.2) is 8.42 Å². The summed E-state index contributed by atoms with van der Waals surface area (Å²) < 4.78 is 23.6. The van der Waals surface area contributed by atoms with Crippen LogP contribution in [0.3, 0.4) is 0 Å². The summed E-state index contributed by atoms with van der Waals surface area (Å²) in [5.74, 6) is 0.224. The van der Waals surface area contributed by atoms with Gasteiger partial charge in [0.15, 0.2) is 9.84 Å². The molecule has 0 aliphatic carbocycles. The molecule has 0 aromatic heterocycles. The number of rotatable bonds is 5. The van der Waals surface area contributed by atoms with E-state index in [-0.39, 0.29) is 17.7 Å². The van der Waals surface area contributed by atoms with Crippen molar-refractivity contribution in [1.29, 1.82) is 0 Å². The summed E-state index contributed by atoms with van der Waals surface area (Å²) in [7, 11) is -3.14. The fourth-order valence-corrected chi connectivity index (χ4v) is 3.53. The monoisotopic (exact) mass is 324 g/mol. The molecule has 5 nitrogen and oxygen atoms in total. The number of amides is 1. The van der Waals surface area contributed by atoms with E-state index in [0.717, 1.165) is 31.6 Å². The predicted molar refractivity (Wildman–Crippen MR) is 87.8 cm³/mol. The third kappa shape index (κ3) is 4.00. The van der Waals surface area contributed by atoms with Crippen LogP contribution in [0.4, 0.5) is 5.69 Å². The van der Waals surface area contributed by atoms with Crippen molar-refractivity contribution in [3.63, 3.8) is 0 Å². The molecule has 6 heteroatoms. The minimum absolute atomic E-state index is 0.104. The van der Waals surface area contributed by atoms with Crippen LogP contribution < -0.4 is 10.2 Å². The smallest absolute Gasteiger partial charge is 0.219 e. The first-order chi connectivity index (χ1) is 10.5. The normalized spacial score (nSPS) is 16.5. The second kappa shape index (κ2) is 7.13. The van der Waals surface area contributed by atoms with Gasteiger partial charge in [-0.1, -0.05) is 13.8 Å². The number of nitrogens with zero attached hydrogens (tertiary/aromatic N) is 1. The molecule has 1 heterocycles. The lowest BCUT2D eigenvalue weighted by molar-refractivity contribution is -0.121. The van der Waals surface area contributed by atoms with Gasteiger partial charge < -0.3 is 10.2 Å². The van der Waals surface area contributed by atoms with Crippen LogP contribution in [0.5, 0.6) is 0 Å². The van der Waals surface area contributed by atoms with E-state index in [4.69, 9.17) is 0 Å². The van der Waals surface area contributed by atoms with Gasteiger partial charge >= 0.3 is 0 Å². The average molecular weight is 324 g/mol. The van der Waals surface area contributed by atoms with Crippen LogP contribution in [0.2, 0.25) is 0 Å². The van der Waals surface area contributed by atoms with Crippen molar-refractivity contribution in [3.05, 3.63) is 24.3 Å². The Labute approximate surface area is 132 Å². The quantitative estimate of drug-likeness (QED) is 0.899. The zero-order valence-electron chi connectivity index (χ0n) is 13.2. The highest BCUT2D eigenvalue weighted by Crippen LogP contribution is 2.22. The van der Waals surface area contributed by atoms with Crippen molar-refractivity contribution in [2.45, 2.75) is 44.0 Å². The number of hydrogen-bond donors (Lipinski definition) is 1. The lowest BCUT2D eigenvalue weighted by Crippen LogP contribution is -2.44. The molecule has 0 atom stereocenters. The highest BCUT2D eigenvalue weighted by atomic mass is 32.2. The summed E-state index contributed by atoms with van der Waals surface area (Å²) in [5, 5.41) is 3.03. The fraction of sp³-hybridized carbons (Fsp3) is 0.562. The average Bonchev–Trinajstić information content (AvgIpc) is 2.55. The largest absolute Gasteiger partial charge is 0.371 e. The number of piperidine rings is 1. The third-order valence-electron chi connectivity index (χ3n) is 4.12. The number of sulfone groups is 1. The van der Waals surface area contributed by atoms with E-state index in [2.05, 4.69) is 10.2 Å². The highest BCUT2D eigenvalue weighted by molar-refractivity contribution is 7.91. The standard InChI is InChI=1S/C16H24N2O3S/c1-3-16(19)17-13-9-11-18(12-10-13)14-5-7-15(8-6-14)22(20,21)4-2/h5-8,13H,3-4,9-12H2,1-2H3,(H,17,19). The van der Waals surface area contributed by atoms with Gasteiger partial charge in [-0.05, 0) is 37.1 Å². The molecule has 0 radical (unpaired) electrons. The molecule has 0 spiro atoms.